The first-order valence-electron chi connectivity index (χ1n) is 5.15. The van der Waals surface area contributed by atoms with E-state index < -0.39 is 0 Å². The van der Waals surface area contributed by atoms with E-state index in [1.807, 2.05) is 18.2 Å². The Morgan fingerprint density at radius 1 is 1.47 bits per heavy atom. The number of nitrogens with two attached hydrogens (primary N) is 1. The van der Waals surface area contributed by atoms with Crippen LogP contribution in [0.1, 0.15) is 23.6 Å². The van der Waals surface area contributed by atoms with Gasteiger partial charge in [0.1, 0.15) is 0 Å². The average molecular weight is 205 g/mol. The van der Waals surface area contributed by atoms with Gasteiger partial charge in [0, 0.05) is 6.04 Å². The fourth-order valence-electron chi connectivity index (χ4n) is 2.21. The van der Waals surface area contributed by atoms with Gasteiger partial charge in [-0.15, -0.1) is 0 Å². The Labute approximate surface area is 89.2 Å². The first-order valence-corrected chi connectivity index (χ1v) is 5.15. The number of benzene rings is 1. The zero-order valence-electron chi connectivity index (χ0n) is 8.77. The Morgan fingerprint density at radius 2 is 2.20 bits per heavy atom. The highest BCUT2D eigenvalue weighted by molar-refractivity contribution is 5.74. The molecule has 1 aliphatic carbocycles. The van der Waals surface area contributed by atoms with Crippen molar-refractivity contribution in [1.82, 2.24) is 0 Å². The van der Waals surface area contributed by atoms with Crippen LogP contribution in [-0.4, -0.2) is 13.1 Å². The summed E-state index contributed by atoms with van der Waals surface area (Å²) in [5.74, 6) is -0.387. The number of fused-ring (bicyclic) bond motifs is 1. The summed E-state index contributed by atoms with van der Waals surface area (Å²) >= 11 is 0. The van der Waals surface area contributed by atoms with E-state index in [0.29, 0.717) is 0 Å². The Balaban J connectivity index is 2.29. The fraction of sp³-hybridized carbons (Fsp3) is 0.417. The van der Waals surface area contributed by atoms with E-state index in [1.165, 1.54) is 12.7 Å². The minimum Gasteiger partial charge on any atom is -0.469 e. The van der Waals surface area contributed by atoms with Gasteiger partial charge in [-0.25, -0.2) is 0 Å². The number of ether oxygens (including phenoxy) is 1. The summed E-state index contributed by atoms with van der Waals surface area (Å²) in [6.07, 6.45) is 1.69. The quantitative estimate of drug-likeness (QED) is 0.705. The van der Waals surface area contributed by atoms with Gasteiger partial charge in [-0.2, -0.15) is 0 Å². The van der Waals surface area contributed by atoms with Crippen molar-refractivity contribution in [1.29, 1.82) is 0 Å². The molecular formula is C12H15NO2. The van der Waals surface area contributed by atoms with Gasteiger partial charge in [-0.3, -0.25) is 4.79 Å². The van der Waals surface area contributed by atoms with E-state index in [1.54, 1.807) is 0 Å². The largest absolute Gasteiger partial charge is 0.469 e. The van der Waals surface area contributed by atoms with Crippen LogP contribution in [0.25, 0.3) is 0 Å². The third-order valence-electron chi connectivity index (χ3n) is 3.08. The number of aryl methyl sites for hydroxylation is 1. The van der Waals surface area contributed by atoms with Gasteiger partial charge in [0.2, 0.25) is 0 Å². The minimum atomic E-state index is -0.220. The molecule has 15 heavy (non-hydrogen) atoms. The van der Waals surface area contributed by atoms with Gasteiger partial charge in [0.25, 0.3) is 0 Å². The summed E-state index contributed by atoms with van der Waals surface area (Å²) < 4.78 is 4.76. The number of carbonyl (C=O) groups is 1. The minimum absolute atomic E-state index is 0.190. The van der Waals surface area contributed by atoms with E-state index in [2.05, 4.69) is 6.07 Å². The molecule has 2 N–H and O–H groups in total. The smallest absolute Gasteiger partial charge is 0.310 e. The molecule has 0 saturated heterocycles. The second-order valence-electron chi connectivity index (χ2n) is 3.89. The predicted octanol–water partition coefficient (Wildman–Crippen LogP) is 1.42. The molecule has 80 valence electrons. The van der Waals surface area contributed by atoms with E-state index in [0.717, 1.165) is 18.4 Å². The topological polar surface area (TPSA) is 52.3 Å². The average Bonchev–Trinajstić information content (AvgIpc) is 2.29. The highest BCUT2D eigenvalue weighted by Gasteiger charge is 2.32. The number of methoxy groups -OCH3 is 1. The zero-order valence-corrected chi connectivity index (χ0v) is 8.77. The number of hydrogen-bond donors (Lipinski definition) is 1. The summed E-state index contributed by atoms with van der Waals surface area (Å²) in [7, 11) is 1.41. The molecule has 1 aliphatic rings. The molecule has 0 fully saturated rings. The van der Waals surface area contributed by atoms with Gasteiger partial charge in [-0.05, 0) is 24.0 Å². The molecule has 1 aromatic carbocycles. The van der Waals surface area contributed by atoms with Gasteiger partial charge in [0.05, 0.1) is 13.0 Å². The molecule has 0 radical (unpaired) electrons. The SMILES string of the molecule is COC(=O)C1CCc2ccccc2C1N. The highest BCUT2D eigenvalue weighted by atomic mass is 16.5. The van der Waals surface area contributed by atoms with Crippen LogP contribution in [0.4, 0.5) is 0 Å². The van der Waals surface area contributed by atoms with Crippen LogP contribution in [-0.2, 0) is 16.0 Å². The fourth-order valence-corrected chi connectivity index (χ4v) is 2.21. The van der Waals surface area contributed by atoms with Gasteiger partial charge < -0.3 is 10.5 Å². The van der Waals surface area contributed by atoms with Crippen molar-refractivity contribution in [2.24, 2.45) is 11.7 Å². The van der Waals surface area contributed by atoms with Crippen molar-refractivity contribution < 1.29 is 9.53 Å². The number of esters is 1. The van der Waals surface area contributed by atoms with Crippen LogP contribution in [0.3, 0.4) is 0 Å². The molecule has 2 atom stereocenters. The molecule has 0 aromatic heterocycles. The first-order chi connectivity index (χ1) is 7.24. The Morgan fingerprint density at radius 3 is 2.93 bits per heavy atom. The lowest BCUT2D eigenvalue weighted by Gasteiger charge is -2.28. The molecule has 3 nitrogen and oxygen atoms in total. The Kier molecular flexibility index (Phi) is 2.73. The van der Waals surface area contributed by atoms with Crippen LogP contribution in [0.2, 0.25) is 0 Å². The maximum atomic E-state index is 11.5. The lowest BCUT2D eigenvalue weighted by atomic mass is 9.80. The van der Waals surface area contributed by atoms with Crippen LogP contribution < -0.4 is 5.73 Å². The monoisotopic (exact) mass is 205 g/mol. The maximum absolute atomic E-state index is 11.5. The van der Waals surface area contributed by atoms with Crippen molar-refractivity contribution in [2.75, 3.05) is 7.11 Å². The summed E-state index contributed by atoms with van der Waals surface area (Å²) in [5, 5.41) is 0. The molecule has 0 aliphatic heterocycles. The lowest BCUT2D eigenvalue weighted by Crippen LogP contribution is -2.33. The van der Waals surface area contributed by atoms with Crippen molar-refractivity contribution in [2.45, 2.75) is 18.9 Å². The van der Waals surface area contributed by atoms with Crippen LogP contribution >= 0.6 is 0 Å². The third kappa shape index (κ3) is 1.75. The molecule has 2 rings (SSSR count). The van der Waals surface area contributed by atoms with E-state index >= 15 is 0 Å². The van der Waals surface area contributed by atoms with Crippen molar-refractivity contribution in [3.63, 3.8) is 0 Å². The van der Waals surface area contributed by atoms with Crippen molar-refractivity contribution in [3.8, 4) is 0 Å². The maximum Gasteiger partial charge on any atom is 0.310 e. The van der Waals surface area contributed by atoms with E-state index in [9.17, 15) is 4.79 Å². The van der Waals surface area contributed by atoms with Crippen LogP contribution in [0.15, 0.2) is 24.3 Å². The molecule has 2 unspecified atom stereocenters. The van der Waals surface area contributed by atoms with Crippen molar-refractivity contribution >= 4 is 5.97 Å². The number of carbonyl (C=O) groups excluding carboxylic acids is 1. The molecule has 0 bridgehead atoms. The van der Waals surface area contributed by atoms with E-state index in [-0.39, 0.29) is 17.9 Å². The standard InChI is InChI=1S/C12H15NO2/c1-15-12(14)10-7-6-8-4-2-3-5-9(8)11(10)13/h2-5,10-11H,6-7,13H2,1H3. The van der Waals surface area contributed by atoms with Gasteiger partial charge in [0.15, 0.2) is 0 Å². The third-order valence-corrected chi connectivity index (χ3v) is 3.08. The Bertz CT molecular complexity index is 376. The van der Waals surface area contributed by atoms with Gasteiger partial charge in [-0.1, -0.05) is 24.3 Å². The van der Waals surface area contributed by atoms with Gasteiger partial charge >= 0.3 is 5.97 Å². The van der Waals surface area contributed by atoms with Crippen molar-refractivity contribution in [3.05, 3.63) is 35.4 Å². The summed E-state index contributed by atoms with van der Waals surface area (Å²) in [4.78, 5) is 11.5. The second-order valence-corrected chi connectivity index (χ2v) is 3.89. The number of rotatable bonds is 1. The molecule has 3 heteroatoms. The summed E-state index contributed by atoms with van der Waals surface area (Å²) in [6, 6.07) is 7.81. The normalized spacial score (nSPS) is 24.4. The zero-order chi connectivity index (χ0) is 10.8. The molecular weight excluding hydrogens is 190 g/mol. The van der Waals surface area contributed by atoms with Crippen LogP contribution in [0.5, 0.6) is 0 Å². The summed E-state index contributed by atoms with van der Waals surface area (Å²) in [5.41, 5.74) is 8.40. The van der Waals surface area contributed by atoms with E-state index in [4.69, 9.17) is 10.5 Å². The molecule has 0 amide bonds. The first kappa shape index (κ1) is 10.2. The molecule has 0 saturated carbocycles. The predicted molar refractivity (Wildman–Crippen MR) is 57.2 cm³/mol. The lowest BCUT2D eigenvalue weighted by molar-refractivity contribution is -0.146. The molecule has 1 aromatic rings. The molecule has 0 heterocycles. The number of hydrogen-bond acceptors (Lipinski definition) is 3. The van der Waals surface area contributed by atoms with Crippen LogP contribution in [0, 0.1) is 5.92 Å². The highest BCUT2D eigenvalue weighted by Crippen LogP contribution is 2.33. The Hall–Kier alpha value is -1.35. The summed E-state index contributed by atoms with van der Waals surface area (Å²) in [6.45, 7) is 0. The second kappa shape index (κ2) is 4.03. The molecule has 0 spiro atoms.